The number of imidazole rings is 1. The van der Waals surface area contributed by atoms with Crippen molar-refractivity contribution in [2.75, 3.05) is 4.90 Å². The third-order valence-electron chi connectivity index (χ3n) is 5.90. The van der Waals surface area contributed by atoms with E-state index >= 15 is 0 Å². The number of carbonyl (C=O) groups excluding carboxylic acids is 1. The lowest BCUT2D eigenvalue weighted by Gasteiger charge is -2.18. The number of benzene rings is 2. The second-order valence-corrected chi connectivity index (χ2v) is 8.57. The second-order valence-electron chi connectivity index (χ2n) is 8.57. The average molecular weight is 423 g/mol. The van der Waals surface area contributed by atoms with Crippen molar-refractivity contribution in [1.82, 2.24) is 14.5 Å². The smallest absolute Gasteiger partial charge is 0.259 e. The zero-order chi connectivity index (χ0) is 22.1. The van der Waals surface area contributed by atoms with Crippen LogP contribution in [-0.4, -0.2) is 20.4 Å². The first-order chi connectivity index (χ1) is 15.6. The van der Waals surface area contributed by atoms with E-state index in [0.717, 1.165) is 46.8 Å². The summed E-state index contributed by atoms with van der Waals surface area (Å²) < 4.78 is 2.27. The van der Waals surface area contributed by atoms with Gasteiger partial charge in [-0.1, -0.05) is 50.2 Å². The van der Waals surface area contributed by atoms with Crippen molar-refractivity contribution in [3.05, 3.63) is 90.0 Å². The normalized spacial score (nSPS) is 14.7. The topological polar surface area (TPSA) is 51.0 Å². The fraction of sp³-hybridized carbons (Fsp3) is 0.222. The van der Waals surface area contributed by atoms with E-state index in [1.54, 1.807) is 6.20 Å². The first-order valence-electron chi connectivity index (χ1n) is 11.1. The minimum absolute atomic E-state index is 0.0145. The third kappa shape index (κ3) is 3.71. The second kappa shape index (κ2) is 8.42. The lowest BCUT2D eigenvalue weighted by molar-refractivity contribution is -0.113. The number of aryl methyl sites for hydroxylation is 1. The van der Waals surface area contributed by atoms with Crippen LogP contribution in [0.4, 0.5) is 5.69 Å². The lowest BCUT2D eigenvalue weighted by Crippen LogP contribution is -2.27. The number of carbonyl (C=O) groups is 1. The molecule has 0 unspecified atom stereocenters. The molecule has 0 N–H and O–H groups in total. The van der Waals surface area contributed by atoms with Gasteiger partial charge in [0.05, 0.1) is 34.5 Å². The molecule has 2 aromatic carbocycles. The zero-order valence-corrected chi connectivity index (χ0v) is 18.4. The van der Waals surface area contributed by atoms with Crippen LogP contribution in [-0.2, 0) is 17.9 Å². The van der Waals surface area contributed by atoms with E-state index < -0.39 is 0 Å². The molecule has 0 saturated carbocycles. The van der Waals surface area contributed by atoms with Crippen molar-refractivity contribution in [1.29, 1.82) is 0 Å². The van der Waals surface area contributed by atoms with Crippen LogP contribution in [0.3, 0.4) is 0 Å². The minimum Gasteiger partial charge on any atom is -0.326 e. The van der Waals surface area contributed by atoms with E-state index in [4.69, 9.17) is 4.98 Å². The molecule has 5 heteroatoms. The molecule has 0 atom stereocenters. The zero-order valence-electron chi connectivity index (χ0n) is 18.4. The number of hydrogen-bond donors (Lipinski definition) is 0. The summed E-state index contributed by atoms with van der Waals surface area (Å²) in [6.45, 7) is 5.78. The molecule has 0 spiro atoms. The molecule has 0 saturated heterocycles. The Morgan fingerprint density at radius 2 is 1.75 bits per heavy atom. The number of nitrogens with zero attached hydrogens (tertiary/aromatic N) is 4. The molecule has 0 bridgehead atoms. The first kappa shape index (κ1) is 20.2. The number of amides is 1. The SMILES string of the molecule is CC(C)CCn1c(CN2C(=O)C(=Cc3ccccn3)c3ccccc32)nc2ccccc21. The molecule has 160 valence electrons. The molecule has 5 nitrogen and oxygen atoms in total. The number of pyridine rings is 1. The number of hydrogen-bond acceptors (Lipinski definition) is 3. The van der Waals surface area contributed by atoms with E-state index in [1.165, 1.54) is 0 Å². The summed E-state index contributed by atoms with van der Waals surface area (Å²) in [6, 6.07) is 21.9. The fourth-order valence-corrected chi connectivity index (χ4v) is 4.24. The Labute approximate surface area is 188 Å². The number of rotatable bonds is 6. The molecule has 5 rings (SSSR count). The lowest BCUT2D eigenvalue weighted by atomic mass is 10.1. The molecule has 0 fully saturated rings. The molecule has 1 amide bonds. The van der Waals surface area contributed by atoms with Crippen LogP contribution in [0, 0.1) is 5.92 Å². The minimum atomic E-state index is -0.0145. The van der Waals surface area contributed by atoms with Crippen molar-refractivity contribution in [2.45, 2.75) is 33.4 Å². The van der Waals surface area contributed by atoms with Gasteiger partial charge in [-0.05, 0) is 48.7 Å². The third-order valence-corrected chi connectivity index (χ3v) is 5.90. The van der Waals surface area contributed by atoms with Crippen molar-refractivity contribution in [2.24, 2.45) is 5.92 Å². The van der Waals surface area contributed by atoms with Crippen LogP contribution in [0.2, 0.25) is 0 Å². The average Bonchev–Trinajstić information content (AvgIpc) is 3.29. The predicted octanol–water partition coefficient (Wildman–Crippen LogP) is 5.56. The van der Waals surface area contributed by atoms with Crippen LogP contribution in [0.5, 0.6) is 0 Å². The molecule has 32 heavy (non-hydrogen) atoms. The maximum Gasteiger partial charge on any atom is 0.259 e. The van der Waals surface area contributed by atoms with Crippen LogP contribution < -0.4 is 4.90 Å². The number of anilines is 1. The Bertz CT molecular complexity index is 1300. The van der Waals surface area contributed by atoms with E-state index in [9.17, 15) is 4.79 Å². The maximum atomic E-state index is 13.6. The Balaban J connectivity index is 1.55. The van der Waals surface area contributed by atoms with Crippen LogP contribution in [0.1, 0.15) is 37.4 Å². The standard InChI is InChI=1S/C27H26N4O/c1-19(2)14-16-30-25-13-6-4-11-23(25)29-26(30)18-31-24-12-5-3-10-21(24)22(27(31)32)17-20-9-7-8-15-28-20/h3-13,15,17,19H,14,16,18H2,1-2H3. The maximum absolute atomic E-state index is 13.6. The van der Waals surface area contributed by atoms with Gasteiger partial charge in [-0.25, -0.2) is 4.98 Å². The highest BCUT2D eigenvalue weighted by Gasteiger charge is 2.33. The largest absolute Gasteiger partial charge is 0.326 e. The highest BCUT2D eigenvalue weighted by molar-refractivity contribution is 6.35. The molecule has 0 radical (unpaired) electrons. The van der Waals surface area contributed by atoms with Crippen molar-refractivity contribution >= 4 is 34.3 Å². The number of aromatic nitrogens is 3. The first-order valence-corrected chi connectivity index (χ1v) is 11.1. The van der Waals surface area contributed by atoms with Gasteiger partial charge >= 0.3 is 0 Å². The van der Waals surface area contributed by atoms with Gasteiger partial charge in [-0.3, -0.25) is 9.78 Å². The van der Waals surface area contributed by atoms with Gasteiger partial charge < -0.3 is 9.47 Å². The monoisotopic (exact) mass is 422 g/mol. The van der Waals surface area contributed by atoms with Crippen molar-refractivity contribution < 1.29 is 4.79 Å². The molecular formula is C27H26N4O. The van der Waals surface area contributed by atoms with E-state index in [2.05, 4.69) is 29.5 Å². The van der Waals surface area contributed by atoms with Crippen LogP contribution >= 0.6 is 0 Å². The van der Waals surface area contributed by atoms with Crippen molar-refractivity contribution in [3.63, 3.8) is 0 Å². The molecule has 0 aliphatic carbocycles. The molecule has 1 aliphatic heterocycles. The van der Waals surface area contributed by atoms with Gasteiger partial charge in [0.1, 0.15) is 5.82 Å². The van der Waals surface area contributed by atoms with E-state index in [-0.39, 0.29) is 5.91 Å². The van der Waals surface area contributed by atoms with Gasteiger partial charge in [0.2, 0.25) is 0 Å². The van der Waals surface area contributed by atoms with Crippen LogP contribution in [0.25, 0.3) is 22.7 Å². The van der Waals surface area contributed by atoms with Gasteiger partial charge in [0.25, 0.3) is 5.91 Å². The summed E-state index contributed by atoms with van der Waals surface area (Å²) >= 11 is 0. The van der Waals surface area contributed by atoms with E-state index in [1.807, 2.05) is 71.6 Å². The Hall–Kier alpha value is -3.73. The van der Waals surface area contributed by atoms with E-state index in [0.29, 0.717) is 18.0 Å². The quantitative estimate of drug-likeness (QED) is 0.382. The highest BCUT2D eigenvalue weighted by atomic mass is 16.2. The summed E-state index contributed by atoms with van der Waals surface area (Å²) in [5.41, 5.74) is 5.39. The van der Waals surface area contributed by atoms with Crippen molar-refractivity contribution in [3.8, 4) is 0 Å². The number of fused-ring (bicyclic) bond motifs is 2. The number of para-hydroxylation sites is 3. The van der Waals surface area contributed by atoms with Gasteiger partial charge in [0, 0.05) is 18.3 Å². The molecular weight excluding hydrogens is 396 g/mol. The van der Waals surface area contributed by atoms with Gasteiger partial charge in [-0.2, -0.15) is 0 Å². The summed E-state index contributed by atoms with van der Waals surface area (Å²) in [5.74, 6) is 1.49. The molecule has 2 aromatic heterocycles. The Morgan fingerprint density at radius 3 is 2.56 bits per heavy atom. The molecule has 3 heterocycles. The molecule has 1 aliphatic rings. The highest BCUT2D eigenvalue weighted by Crippen LogP contribution is 2.38. The Kier molecular flexibility index (Phi) is 5.31. The summed E-state index contributed by atoms with van der Waals surface area (Å²) in [5, 5.41) is 0. The summed E-state index contributed by atoms with van der Waals surface area (Å²) in [7, 11) is 0. The molecule has 4 aromatic rings. The van der Waals surface area contributed by atoms with Crippen LogP contribution in [0.15, 0.2) is 72.9 Å². The summed E-state index contributed by atoms with van der Waals surface area (Å²) in [6.07, 6.45) is 4.68. The predicted molar refractivity (Wildman–Crippen MR) is 129 cm³/mol. The van der Waals surface area contributed by atoms with Gasteiger partial charge in [0.15, 0.2) is 0 Å². The Morgan fingerprint density at radius 1 is 0.969 bits per heavy atom. The summed E-state index contributed by atoms with van der Waals surface area (Å²) in [4.78, 5) is 24.7. The fourth-order valence-electron chi connectivity index (χ4n) is 4.24. The van der Waals surface area contributed by atoms with Gasteiger partial charge in [-0.15, -0.1) is 0 Å².